The van der Waals surface area contributed by atoms with E-state index in [4.69, 9.17) is 10.2 Å². The number of aromatic nitrogens is 1. The smallest absolute Gasteiger partial charge is 0.0536 e. The predicted octanol–water partition coefficient (Wildman–Crippen LogP) is 4.24. The number of benzene rings is 2. The van der Waals surface area contributed by atoms with Gasteiger partial charge in [-0.3, -0.25) is 0 Å². The summed E-state index contributed by atoms with van der Waals surface area (Å²) < 4.78 is 0. The van der Waals surface area contributed by atoms with E-state index < -0.39 is 0 Å². The van der Waals surface area contributed by atoms with Crippen LogP contribution in [0.15, 0.2) is 66.9 Å². The van der Waals surface area contributed by atoms with Gasteiger partial charge in [0.05, 0.1) is 12.2 Å². The zero-order chi connectivity index (χ0) is 18.1. The van der Waals surface area contributed by atoms with Crippen LogP contribution in [0.1, 0.15) is 31.5 Å². The Hall–Kier alpha value is -1.84. The number of aliphatic hydroxyl groups excluding tert-OH is 2. The summed E-state index contributed by atoms with van der Waals surface area (Å²) in [5.74, 6) is 0. The van der Waals surface area contributed by atoms with E-state index in [0.29, 0.717) is 6.42 Å². The van der Waals surface area contributed by atoms with Crippen molar-refractivity contribution in [2.24, 2.45) is 0 Å². The fourth-order valence-electron chi connectivity index (χ4n) is 2.46. The zero-order valence-corrected chi connectivity index (χ0v) is 17.4. The predicted molar refractivity (Wildman–Crippen MR) is 103 cm³/mol. The fraction of sp³-hybridized carbons (Fsp3) is 0.227. The molecule has 1 radical (unpaired) electrons. The molecule has 2 atom stereocenters. The number of fused-ring (bicyclic) bond motifs is 1. The Morgan fingerprint density at radius 2 is 1.58 bits per heavy atom. The quantitative estimate of drug-likeness (QED) is 0.501. The Balaban J connectivity index is 0.000000366. The van der Waals surface area contributed by atoms with Gasteiger partial charge < -0.3 is 15.2 Å². The van der Waals surface area contributed by atoms with Crippen molar-refractivity contribution in [3.8, 4) is 0 Å². The van der Waals surface area contributed by atoms with Crippen LogP contribution >= 0.6 is 0 Å². The van der Waals surface area contributed by atoms with Crippen LogP contribution in [-0.2, 0) is 20.1 Å². The molecule has 2 N–H and O–H groups in total. The first-order valence-corrected chi connectivity index (χ1v) is 8.41. The van der Waals surface area contributed by atoms with Gasteiger partial charge in [0.15, 0.2) is 0 Å². The van der Waals surface area contributed by atoms with Gasteiger partial charge >= 0.3 is 0 Å². The van der Waals surface area contributed by atoms with Crippen LogP contribution in [-0.4, -0.2) is 27.4 Å². The van der Waals surface area contributed by atoms with E-state index in [9.17, 15) is 0 Å². The second-order valence-corrected chi connectivity index (χ2v) is 6.00. The normalized spacial score (nSPS) is 12.8. The Bertz CT molecular complexity index is 790. The summed E-state index contributed by atoms with van der Waals surface area (Å²) >= 11 is 0. The van der Waals surface area contributed by atoms with E-state index in [1.54, 1.807) is 20.0 Å². The molecule has 4 heteroatoms. The monoisotopic (exact) mass is 527 g/mol. The van der Waals surface area contributed by atoms with Crippen LogP contribution in [0, 0.1) is 6.08 Å². The van der Waals surface area contributed by atoms with Crippen molar-refractivity contribution in [3.63, 3.8) is 0 Å². The molecule has 139 valence electrons. The molecule has 3 nitrogen and oxygen atoms in total. The van der Waals surface area contributed by atoms with E-state index in [0.717, 1.165) is 11.3 Å². The molecule has 0 aliphatic rings. The van der Waals surface area contributed by atoms with Crippen molar-refractivity contribution in [1.82, 2.24) is 4.98 Å². The molecule has 3 aromatic rings. The first kappa shape index (κ1) is 22.2. The third-order valence-corrected chi connectivity index (χ3v) is 3.54. The summed E-state index contributed by atoms with van der Waals surface area (Å²) in [4.78, 5) is 4.26. The van der Waals surface area contributed by atoms with Crippen molar-refractivity contribution in [1.29, 1.82) is 0 Å². The zero-order valence-electron chi connectivity index (χ0n) is 15.0. The minimum Gasteiger partial charge on any atom is -0.393 e. The van der Waals surface area contributed by atoms with Gasteiger partial charge in [-0.25, -0.2) is 0 Å². The number of nitrogens with zero attached hydrogens (tertiary/aromatic N) is 1. The maximum absolute atomic E-state index is 8.56. The number of hydrogen-bond donors (Lipinski definition) is 2. The molecule has 0 spiro atoms. The van der Waals surface area contributed by atoms with Crippen molar-refractivity contribution >= 4 is 16.8 Å². The van der Waals surface area contributed by atoms with Gasteiger partial charge in [0.1, 0.15) is 0 Å². The first-order valence-electron chi connectivity index (χ1n) is 8.41. The van der Waals surface area contributed by atoms with E-state index in [1.165, 1.54) is 10.8 Å². The van der Waals surface area contributed by atoms with Gasteiger partial charge in [0, 0.05) is 26.3 Å². The van der Waals surface area contributed by atoms with Gasteiger partial charge in [-0.2, -0.15) is 0 Å². The number of pyridine rings is 1. The van der Waals surface area contributed by atoms with Crippen molar-refractivity contribution in [2.75, 3.05) is 0 Å². The van der Waals surface area contributed by atoms with Crippen LogP contribution < -0.4 is 0 Å². The van der Waals surface area contributed by atoms with Crippen LogP contribution in [0.25, 0.3) is 16.8 Å². The molecular formula is C22H24IrNO2-. The van der Waals surface area contributed by atoms with Crippen LogP contribution in [0.3, 0.4) is 0 Å². The molecule has 26 heavy (non-hydrogen) atoms. The molecule has 0 saturated heterocycles. The molecule has 1 aromatic heterocycles. The Kier molecular flexibility index (Phi) is 10.0. The third kappa shape index (κ3) is 7.59. The number of hydrogen-bond acceptors (Lipinski definition) is 3. The molecular weight excluding hydrogens is 502 g/mol. The second kappa shape index (κ2) is 11.7. The topological polar surface area (TPSA) is 53.4 Å². The third-order valence-electron chi connectivity index (χ3n) is 3.54. The largest absolute Gasteiger partial charge is 0.393 e. The fourth-order valence-corrected chi connectivity index (χ4v) is 2.46. The van der Waals surface area contributed by atoms with Gasteiger partial charge in [-0.1, -0.05) is 53.2 Å². The van der Waals surface area contributed by atoms with Crippen LogP contribution in [0.5, 0.6) is 0 Å². The molecule has 2 aromatic carbocycles. The van der Waals surface area contributed by atoms with Crippen molar-refractivity contribution < 1.29 is 30.3 Å². The molecule has 0 aliphatic carbocycles. The summed E-state index contributed by atoms with van der Waals surface area (Å²) in [6.07, 6.45) is 6.75. The van der Waals surface area contributed by atoms with Gasteiger partial charge in [-0.15, -0.1) is 29.8 Å². The molecule has 0 amide bonds. The van der Waals surface area contributed by atoms with Crippen molar-refractivity contribution in [2.45, 2.75) is 32.5 Å². The van der Waals surface area contributed by atoms with E-state index in [1.807, 2.05) is 30.3 Å². The Morgan fingerprint density at radius 1 is 0.923 bits per heavy atom. The Morgan fingerprint density at radius 3 is 2.19 bits per heavy atom. The summed E-state index contributed by atoms with van der Waals surface area (Å²) in [7, 11) is 0. The summed E-state index contributed by atoms with van der Waals surface area (Å²) in [6.45, 7) is 3.32. The molecule has 1 heterocycles. The van der Waals surface area contributed by atoms with E-state index >= 15 is 0 Å². The Labute approximate surface area is 168 Å². The SMILES string of the molecule is CC(O)CC(C)O.[C-](=Cc1ccccn1)c1cccc2ccccc12.[Ir]. The first-order chi connectivity index (χ1) is 12.1. The molecule has 0 bridgehead atoms. The molecule has 2 unspecified atom stereocenters. The van der Waals surface area contributed by atoms with Gasteiger partial charge in [-0.05, 0) is 32.0 Å². The van der Waals surface area contributed by atoms with E-state index in [-0.39, 0.29) is 32.3 Å². The summed E-state index contributed by atoms with van der Waals surface area (Å²) in [5.41, 5.74) is 2.02. The summed E-state index contributed by atoms with van der Waals surface area (Å²) in [6, 6.07) is 20.4. The minimum absolute atomic E-state index is 0. The molecule has 0 saturated carbocycles. The summed E-state index contributed by atoms with van der Waals surface area (Å²) in [5, 5.41) is 19.6. The van der Waals surface area contributed by atoms with Crippen LogP contribution in [0.4, 0.5) is 0 Å². The number of aliphatic hydroxyl groups is 2. The number of rotatable bonds is 4. The average molecular weight is 527 g/mol. The van der Waals surface area contributed by atoms with Crippen LogP contribution in [0.2, 0.25) is 0 Å². The standard InChI is InChI=1S/C17H12N.C5H12O2.Ir/c1-2-10-17-14(6-1)7-5-8-15(17)11-12-16-9-3-4-13-18-16;1-4(6)3-5(2)7;/h1-10,12-13H;4-7H,3H2,1-2H3;/q-1;;. The molecule has 0 aliphatic heterocycles. The molecule has 0 fully saturated rings. The van der Waals surface area contributed by atoms with Gasteiger partial charge in [0.25, 0.3) is 0 Å². The van der Waals surface area contributed by atoms with Gasteiger partial charge in [0.2, 0.25) is 0 Å². The maximum Gasteiger partial charge on any atom is 0.0536 e. The maximum atomic E-state index is 8.56. The minimum atomic E-state index is -0.375. The average Bonchev–Trinajstić information content (AvgIpc) is 2.60. The molecule has 3 rings (SSSR count). The van der Waals surface area contributed by atoms with E-state index in [2.05, 4.69) is 47.5 Å². The van der Waals surface area contributed by atoms with Crippen molar-refractivity contribution in [3.05, 3.63) is 84.2 Å². The second-order valence-electron chi connectivity index (χ2n) is 6.00.